The zero-order valence-electron chi connectivity index (χ0n) is 15.4. The summed E-state index contributed by atoms with van der Waals surface area (Å²) in [7, 11) is 0. The zero-order chi connectivity index (χ0) is 19.7. The van der Waals surface area contributed by atoms with Crippen molar-refractivity contribution >= 4 is 11.8 Å². The van der Waals surface area contributed by atoms with Crippen LogP contribution < -0.4 is 0 Å². The summed E-state index contributed by atoms with van der Waals surface area (Å²) in [6.45, 7) is 1.99. The van der Waals surface area contributed by atoms with E-state index in [2.05, 4.69) is 4.98 Å². The maximum absolute atomic E-state index is 13.9. The largest absolute Gasteiger partial charge is 0.341 e. The lowest BCUT2D eigenvalue weighted by atomic mass is 9.88. The first-order chi connectivity index (χ1) is 13.5. The summed E-state index contributed by atoms with van der Waals surface area (Å²) in [5, 5.41) is 0. The van der Waals surface area contributed by atoms with Gasteiger partial charge in [-0.3, -0.25) is 14.6 Å². The Kier molecular flexibility index (Phi) is 5.07. The molecular formula is C21H21F2N3O2. The Hall–Kier alpha value is -2.83. The number of hydrogen-bond acceptors (Lipinski definition) is 3. The molecule has 0 spiro atoms. The molecule has 1 aromatic carbocycles. The van der Waals surface area contributed by atoms with E-state index in [1.807, 2.05) is 17.0 Å². The maximum atomic E-state index is 13.9. The number of piperidine rings is 1. The fraction of sp³-hybridized carbons (Fsp3) is 0.381. The van der Waals surface area contributed by atoms with E-state index >= 15 is 0 Å². The molecule has 28 heavy (non-hydrogen) atoms. The second-order valence-electron chi connectivity index (χ2n) is 7.46. The first-order valence-electron chi connectivity index (χ1n) is 9.41. The molecule has 2 aromatic rings. The van der Waals surface area contributed by atoms with Gasteiger partial charge in [0.1, 0.15) is 0 Å². The number of aromatic nitrogens is 1. The van der Waals surface area contributed by atoms with Gasteiger partial charge in [-0.05, 0) is 30.0 Å². The Bertz CT molecular complexity index is 890. The van der Waals surface area contributed by atoms with Crippen molar-refractivity contribution in [1.29, 1.82) is 0 Å². The number of benzene rings is 1. The fourth-order valence-electron chi connectivity index (χ4n) is 4.14. The topological polar surface area (TPSA) is 53.5 Å². The summed E-state index contributed by atoms with van der Waals surface area (Å²) in [6.07, 6.45) is 4.07. The third kappa shape index (κ3) is 3.61. The van der Waals surface area contributed by atoms with Crippen LogP contribution in [0.15, 0.2) is 42.7 Å². The molecule has 0 aliphatic carbocycles. The number of pyridine rings is 1. The summed E-state index contributed by atoms with van der Waals surface area (Å²) in [5.74, 6) is -2.27. The van der Waals surface area contributed by atoms with Gasteiger partial charge < -0.3 is 9.80 Å². The van der Waals surface area contributed by atoms with Crippen molar-refractivity contribution in [2.24, 2.45) is 11.8 Å². The van der Waals surface area contributed by atoms with E-state index in [0.717, 1.165) is 18.1 Å². The van der Waals surface area contributed by atoms with Crippen molar-refractivity contribution in [2.75, 3.05) is 19.6 Å². The van der Waals surface area contributed by atoms with Gasteiger partial charge in [0.15, 0.2) is 11.6 Å². The van der Waals surface area contributed by atoms with Crippen LogP contribution in [0.3, 0.4) is 0 Å². The predicted octanol–water partition coefficient (Wildman–Crippen LogP) is 2.41. The molecule has 5 nitrogen and oxygen atoms in total. The van der Waals surface area contributed by atoms with E-state index < -0.39 is 11.6 Å². The van der Waals surface area contributed by atoms with Crippen molar-refractivity contribution in [2.45, 2.75) is 19.4 Å². The van der Waals surface area contributed by atoms with E-state index in [-0.39, 0.29) is 35.6 Å². The molecule has 2 aliphatic rings. The molecule has 3 heterocycles. The quantitative estimate of drug-likeness (QED) is 0.812. The minimum Gasteiger partial charge on any atom is -0.341 e. The van der Waals surface area contributed by atoms with Crippen LogP contribution in [0.25, 0.3) is 0 Å². The molecule has 146 valence electrons. The van der Waals surface area contributed by atoms with Crippen LogP contribution in [0, 0.1) is 23.5 Å². The first-order valence-corrected chi connectivity index (χ1v) is 9.41. The van der Waals surface area contributed by atoms with Crippen molar-refractivity contribution in [3.63, 3.8) is 0 Å². The van der Waals surface area contributed by atoms with E-state index in [4.69, 9.17) is 0 Å². The van der Waals surface area contributed by atoms with Crippen molar-refractivity contribution in [1.82, 2.24) is 14.8 Å². The second kappa shape index (κ2) is 7.66. The van der Waals surface area contributed by atoms with Gasteiger partial charge in [0, 0.05) is 44.1 Å². The minimum absolute atomic E-state index is 0.0457. The Labute approximate surface area is 162 Å². The summed E-state index contributed by atoms with van der Waals surface area (Å²) < 4.78 is 27.2. The second-order valence-corrected chi connectivity index (χ2v) is 7.46. The van der Waals surface area contributed by atoms with Gasteiger partial charge >= 0.3 is 0 Å². The molecule has 0 radical (unpaired) electrons. The van der Waals surface area contributed by atoms with Gasteiger partial charge in [0.25, 0.3) is 0 Å². The highest BCUT2D eigenvalue weighted by Gasteiger charge is 2.44. The molecule has 0 unspecified atom stereocenters. The molecule has 2 saturated heterocycles. The third-order valence-corrected chi connectivity index (χ3v) is 5.66. The number of rotatable bonds is 4. The number of fused-ring (bicyclic) bond motifs is 1. The van der Waals surface area contributed by atoms with Crippen LogP contribution >= 0.6 is 0 Å². The lowest BCUT2D eigenvalue weighted by Gasteiger charge is -2.33. The lowest BCUT2D eigenvalue weighted by molar-refractivity contribution is -0.140. The number of hydrogen-bond donors (Lipinski definition) is 0. The van der Waals surface area contributed by atoms with Gasteiger partial charge in [-0.2, -0.15) is 0 Å². The van der Waals surface area contributed by atoms with E-state index in [9.17, 15) is 18.4 Å². The van der Waals surface area contributed by atoms with Crippen molar-refractivity contribution in [3.05, 3.63) is 65.5 Å². The standard InChI is InChI=1S/C21H21F2N3O2/c22-18-5-1-4-15(20(18)23)9-19(27)26-12-16-6-8-25(21(28)17(16)13-26)11-14-3-2-7-24-10-14/h1-5,7,10,16-17H,6,8-9,11-13H2/t16-,17+/m0/s1. The highest BCUT2D eigenvalue weighted by atomic mass is 19.2. The Morgan fingerprint density at radius 1 is 1.18 bits per heavy atom. The van der Waals surface area contributed by atoms with Gasteiger partial charge in [0.05, 0.1) is 12.3 Å². The monoisotopic (exact) mass is 385 g/mol. The lowest BCUT2D eigenvalue weighted by Crippen LogP contribution is -2.44. The SMILES string of the molecule is O=C(Cc1cccc(F)c1F)N1C[C@@H]2CCN(Cc3cccnc3)C(=O)[C@@H]2C1. The molecular weight excluding hydrogens is 364 g/mol. The van der Waals surface area contributed by atoms with Gasteiger partial charge in [-0.1, -0.05) is 18.2 Å². The molecule has 7 heteroatoms. The van der Waals surface area contributed by atoms with Gasteiger partial charge in [0.2, 0.25) is 11.8 Å². The molecule has 4 rings (SSSR count). The molecule has 1 aromatic heterocycles. The molecule has 0 bridgehead atoms. The van der Waals surface area contributed by atoms with Crippen LogP contribution in [0.5, 0.6) is 0 Å². The first kappa shape index (κ1) is 18.5. The molecule has 2 fully saturated rings. The Balaban J connectivity index is 1.40. The average molecular weight is 385 g/mol. The number of amides is 2. The highest BCUT2D eigenvalue weighted by molar-refractivity contribution is 5.84. The average Bonchev–Trinajstić information content (AvgIpc) is 3.14. The van der Waals surface area contributed by atoms with Crippen LogP contribution in [0.1, 0.15) is 17.5 Å². The van der Waals surface area contributed by atoms with Crippen molar-refractivity contribution in [3.8, 4) is 0 Å². The van der Waals surface area contributed by atoms with Gasteiger partial charge in [-0.15, -0.1) is 0 Å². The maximum Gasteiger partial charge on any atom is 0.228 e. The smallest absolute Gasteiger partial charge is 0.228 e. The van der Waals surface area contributed by atoms with Crippen LogP contribution in [0.2, 0.25) is 0 Å². The third-order valence-electron chi connectivity index (χ3n) is 5.66. The number of likely N-dealkylation sites (tertiary alicyclic amines) is 2. The highest BCUT2D eigenvalue weighted by Crippen LogP contribution is 2.33. The van der Waals surface area contributed by atoms with Gasteiger partial charge in [-0.25, -0.2) is 8.78 Å². The van der Waals surface area contributed by atoms with E-state index in [1.165, 1.54) is 12.1 Å². The minimum atomic E-state index is -0.980. The van der Waals surface area contributed by atoms with E-state index in [1.54, 1.807) is 17.3 Å². The van der Waals surface area contributed by atoms with Crippen LogP contribution in [0.4, 0.5) is 8.78 Å². The summed E-state index contributed by atoms with van der Waals surface area (Å²) in [5.41, 5.74) is 1.02. The molecule has 0 N–H and O–H groups in total. The number of halogens is 2. The normalized spacial score (nSPS) is 21.7. The fourth-order valence-corrected chi connectivity index (χ4v) is 4.14. The number of carbonyl (C=O) groups is 2. The van der Waals surface area contributed by atoms with Crippen LogP contribution in [-0.4, -0.2) is 46.2 Å². The number of carbonyl (C=O) groups excluding carboxylic acids is 2. The van der Waals surface area contributed by atoms with Crippen molar-refractivity contribution < 1.29 is 18.4 Å². The molecule has 2 aliphatic heterocycles. The zero-order valence-corrected chi connectivity index (χ0v) is 15.4. The Morgan fingerprint density at radius 2 is 2.04 bits per heavy atom. The predicted molar refractivity (Wildman–Crippen MR) is 97.9 cm³/mol. The molecule has 0 saturated carbocycles. The molecule has 2 amide bonds. The number of nitrogens with zero attached hydrogens (tertiary/aromatic N) is 3. The summed E-state index contributed by atoms with van der Waals surface area (Å²) in [4.78, 5) is 33.0. The Morgan fingerprint density at radius 3 is 2.82 bits per heavy atom. The van der Waals surface area contributed by atoms with E-state index in [0.29, 0.717) is 26.2 Å². The summed E-state index contributed by atoms with van der Waals surface area (Å²) in [6, 6.07) is 7.62. The summed E-state index contributed by atoms with van der Waals surface area (Å²) >= 11 is 0. The molecule has 2 atom stereocenters. The van der Waals surface area contributed by atoms with Crippen LogP contribution in [-0.2, 0) is 22.6 Å².